The van der Waals surface area contributed by atoms with Crippen LogP contribution in [0.4, 0.5) is 23.7 Å². The number of aliphatic carboxylic acids is 2. The molecular formula is C22H20F3N3O6. The fourth-order valence-electron chi connectivity index (χ4n) is 3.82. The number of alkyl halides is 3. The van der Waals surface area contributed by atoms with Crippen molar-refractivity contribution in [2.24, 2.45) is 0 Å². The van der Waals surface area contributed by atoms with E-state index in [4.69, 9.17) is 9.90 Å². The first-order valence-electron chi connectivity index (χ1n) is 9.99. The summed E-state index contributed by atoms with van der Waals surface area (Å²) in [6, 6.07) is 16.8. The molecule has 2 aromatic carbocycles. The molecule has 12 heteroatoms. The second-order valence-electron chi connectivity index (χ2n) is 7.64. The number of rotatable bonds is 4. The van der Waals surface area contributed by atoms with E-state index in [9.17, 15) is 32.7 Å². The standard InChI is InChI=1S/C20H19N3O4.C2HF3O2/c24-17(25)16-11-20(13-21-16)18(26)23(15-9-5-2-6-10-15)19(27)22(20)12-14-7-3-1-4-8-14;3-2(4,5)1(6)7/h1-10,16,21H,11-13H2,(H,24,25);(H,6,7)/t16-,20+;/m0./s1. The predicted molar refractivity (Wildman–Crippen MR) is 112 cm³/mol. The van der Waals surface area contributed by atoms with Gasteiger partial charge in [-0.15, -0.1) is 0 Å². The summed E-state index contributed by atoms with van der Waals surface area (Å²) in [7, 11) is 0. The summed E-state index contributed by atoms with van der Waals surface area (Å²) in [5, 5.41) is 19.4. The highest BCUT2D eigenvalue weighted by Gasteiger charge is 2.61. The van der Waals surface area contributed by atoms with Gasteiger partial charge >= 0.3 is 24.1 Å². The van der Waals surface area contributed by atoms with Gasteiger partial charge in [0.15, 0.2) is 0 Å². The number of halogens is 3. The Morgan fingerprint density at radius 3 is 2.00 bits per heavy atom. The molecule has 2 saturated heterocycles. The maximum atomic E-state index is 13.3. The number of hydrogen-bond donors (Lipinski definition) is 3. The summed E-state index contributed by atoms with van der Waals surface area (Å²) < 4.78 is 31.7. The molecular weight excluding hydrogens is 459 g/mol. The molecule has 3 amide bonds. The second kappa shape index (κ2) is 9.51. The van der Waals surface area contributed by atoms with Gasteiger partial charge in [0.25, 0.3) is 5.91 Å². The lowest BCUT2D eigenvalue weighted by atomic mass is 9.93. The quantitative estimate of drug-likeness (QED) is 0.575. The smallest absolute Gasteiger partial charge is 0.480 e. The third kappa shape index (κ3) is 4.86. The van der Waals surface area contributed by atoms with Crippen molar-refractivity contribution in [3.05, 3.63) is 66.2 Å². The molecule has 2 aromatic rings. The van der Waals surface area contributed by atoms with Gasteiger partial charge in [-0.05, 0) is 17.7 Å². The van der Waals surface area contributed by atoms with Crippen molar-refractivity contribution >= 4 is 29.6 Å². The zero-order valence-electron chi connectivity index (χ0n) is 17.5. The molecule has 180 valence electrons. The van der Waals surface area contributed by atoms with E-state index in [1.54, 1.807) is 24.3 Å². The Hall–Kier alpha value is -3.93. The maximum absolute atomic E-state index is 13.3. The molecule has 0 radical (unpaired) electrons. The average Bonchev–Trinajstić information content (AvgIpc) is 3.32. The summed E-state index contributed by atoms with van der Waals surface area (Å²) in [6.07, 6.45) is -5.04. The Morgan fingerprint density at radius 2 is 1.53 bits per heavy atom. The van der Waals surface area contributed by atoms with Crippen molar-refractivity contribution in [1.82, 2.24) is 10.2 Å². The molecule has 4 rings (SSSR count). The van der Waals surface area contributed by atoms with Crippen molar-refractivity contribution in [1.29, 1.82) is 0 Å². The first-order valence-corrected chi connectivity index (χ1v) is 9.99. The number of carbonyl (C=O) groups is 4. The molecule has 2 atom stereocenters. The van der Waals surface area contributed by atoms with Crippen LogP contribution in [0.15, 0.2) is 60.7 Å². The number of amides is 3. The third-order valence-electron chi connectivity index (χ3n) is 5.46. The molecule has 2 heterocycles. The number of hydrogen-bond acceptors (Lipinski definition) is 5. The third-order valence-corrected chi connectivity index (χ3v) is 5.46. The molecule has 2 fully saturated rings. The van der Waals surface area contributed by atoms with Crippen LogP contribution < -0.4 is 10.2 Å². The van der Waals surface area contributed by atoms with Gasteiger partial charge in [-0.2, -0.15) is 13.2 Å². The van der Waals surface area contributed by atoms with Crippen LogP contribution in [0.25, 0.3) is 0 Å². The lowest BCUT2D eigenvalue weighted by Gasteiger charge is -2.30. The largest absolute Gasteiger partial charge is 0.490 e. The van der Waals surface area contributed by atoms with Crippen LogP contribution in [0.2, 0.25) is 0 Å². The Kier molecular flexibility index (Phi) is 6.91. The highest BCUT2D eigenvalue weighted by Crippen LogP contribution is 2.39. The molecule has 2 aliphatic rings. The monoisotopic (exact) mass is 479 g/mol. The number of imide groups is 1. The van der Waals surface area contributed by atoms with Crippen LogP contribution in [0.5, 0.6) is 0 Å². The van der Waals surface area contributed by atoms with E-state index in [1.807, 2.05) is 36.4 Å². The number of anilines is 1. The predicted octanol–water partition coefficient (Wildman–Crippen LogP) is 2.47. The van der Waals surface area contributed by atoms with E-state index >= 15 is 0 Å². The molecule has 0 bridgehead atoms. The van der Waals surface area contributed by atoms with Crippen molar-refractivity contribution in [2.45, 2.75) is 30.7 Å². The molecule has 0 aliphatic carbocycles. The van der Waals surface area contributed by atoms with Gasteiger partial charge in [-0.1, -0.05) is 48.5 Å². The minimum absolute atomic E-state index is 0.0447. The van der Waals surface area contributed by atoms with Gasteiger partial charge < -0.3 is 20.4 Å². The van der Waals surface area contributed by atoms with E-state index in [2.05, 4.69) is 5.32 Å². The van der Waals surface area contributed by atoms with Gasteiger partial charge in [-0.3, -0.25) is 9.59 Å². The second-order valence-corrected chi connectivity index (χ2v) is 7.64. The Bertz CT molecular complexity index is 1080. The number of nitrogens with one attached hydrogen (secondary N) is 1. The summed E-state index contributed by atoms with van der Waals surface area (Å²) >= 11 is 0. The fourth-order valence-corrected chi connectivity index (χ4v) is 3.82. The first-order chi connectivity index (χ1) is 16.0. The molecule has 34 heavy (non-hydrogen) atoms. The SMILES string of the molecule is O=C(O)C(F)(F)F.O=C(O)[C@@H]1C[C@@]2(CN1)C(=O)N(c1ccccc1)C(=O)N2Cc1ccccc1. The van der Waals surface area contributed by atoms with Gasteiger partial charge in [0.1, 0.15) is 11.6 Å². The highest BCUT2D eigenvalue weighted by atomic mass is 19.4. The topological polar surface area (TPSA) is 127 Å². The number of carbonyl (C=O) groups excluding carboxylic acids is 2. The van der Waals surface area contributed by atoms with Crippen molar-refractivity contribution in [2.75, 3.05) is 11.4 Å². The fraction of sp³-hybridized carbons (Fsp3) is 0.273. The van der Waals surface area contributed by atoms with E-state index in [0.29, 0.717) is 5.69 Å². The van der Waals surface area contributed by atoms with E-state index in [0.717, 1.165) is 10.5 Å². The highest BCUT2D eigenvalue weighted by molar-refractivity contribution is 6.23. The first kappa shape index (κ1) is 24.7. The molecule has 0 aromatic heterocycles. The van der Waals surface area contributed by atoms with Gasteiger partial charge in [0, 0.05) is 19.5 Å². The van der Waals surface area contributed by atoms with Crippen LogP contribution in [-0.4, -0.2) is 63.3 Å². The van der Waals surface area contributed by atoms with Crippen LogP contribution in [0.1, 0.15) is 12.0 Å². The van der Waals surface area contributed by atoms with Crippen LogP contribution in [0.3, 0.4) is 0 Å². The number of urea groups is 1. The van der Waals surface area contributed by atoms with Crippen LogP contribution in [0, 0.1) is 0 Å². The van der Waals surface area contributed by atoms with Gasteiger partial charge in [0.2, 0.25) is 0 Å². The van der Waals surface area contributed by atoms with Crippen LogP contribution >= 0.6 is 0 Å². The van der Waals surface area contributed by atoms with E-state index < -0.39 is 35.7 Å². The molecule has 0 saturated carbocycles. The van der Waals surface area contributed by atoms with Crippen molar-refractivity contribution in [3.8, 4) is 0 Å². The molecule has 1 spiro atoms. The Labute approximate surface area is 191 Å². The molecule has 0 unspecified atom stereocenters. The lowest BCUT2D eigenvalue weighted by molar-refractivity contribution is -0.192. The zero-order valence-corrected chi connectivity index (χ0v) is 17.5. The molecule has 3 N–H and O–H groups in total. The number of nitrogens with zero attached hydrogens (tertiary/aromatic N) is 2. The number of carboxylic acid groups (broad SMARTS) is 2. The van der Waals surface area contributed by atoms with E-state index in [-0.39, 0.29) is 25.4 Å². The lowest BCUT2D eigenvalue weighted by Crippen LogP contribution is -2.51. The number of benzene rings is 2. The van der Waals surface area contributed by atoms with E-state index in [1.165, 1.54) is 4.90 Å². The van der Waals surface area contributed by atoms with Crippen molar-refractivity contribution < 1.29 is 42.6 Å². The number of para-hydroxylation sites is 1. The molecule has 9 nitrogen and oxygen atoms in total. The van der Waals surface area contributed by atoms with Crippen LogP contribution in [-0.2, 0) is 20.9 Å². The normalized spacial score (nSPS) is 22.0. The minimum Gasteiger partial charge on any atom is -0.480 e. The zero-order chi connectivity index (χ0) is 25.1. The number of carboxylic acids is 2. The Balaban J connectivity index is 0.000000406. The minimum atomic E-state index is -5.08. The Morgan fingerprint density at radius 1 is 1.00 bits per heavy atom. The summed E-state index contributed by atoms with van der Waals surface area (Å²) in [5.74, 6) is -4.16. The maximum Gasteiger partial charge on any atom is 0.490 e. The van der Waals surface area contributed by atoms with Gasteiger partial charge in [-0.25, -0.2) is 14.5 Å². The average molecular weight is 479 g/mol. The molecule has 2 aliphatic heterocycles. The van der Waals surface area contributed by atoms with Crippen molar-refractivity contribution in [3.63, 3.8) is 0 Å². The summed E-state index contributed by atoms with van der Waals surface area (Å²) in [6.45, 7) is 0.355. The van der Waals surface area contributed by atoms with Gasteiger partial charge in [0.05, 0.1) is 5.69 Å². The summed E-state index contributed by atoms with van der Waals surface area (Å²) in [4.78, 5) is 49.6. The summed E-state index contributed by atoms with van der Waals surface area (Å²) in [5.41, 5.74) is 0.166.